The fourth-order valence-corrected chi connectivity index (χ4v) is 1.11. The molecule has 0 radical (unpaired) electrons. The van der Waals surface area contributed by atoms with Crippen LogP contribution in [0.3, 0.4) is 0 Å². The van der Waals surface area contributed by atoms with E-state index in [2.05, 4.69) is 4.74 Å². The maximum atomic E-state index is 11.0. The second kappa shape index (κ2) is 5.53. The summed E-state index contributed by atoms with van der Waals surface area (Å²) in [7, 11) is 2.82. The highest BCUT2D eigenvalue weighted by Crippen LogP contribution is 2.19. The number of aliphatic hydroxyl groups is 1. The van der Waals surface area contributed by atoms with Gasteiger partial charge in [-0.3, -0.25) is 0 Å². The summed E-state index contributed by atoms with van der Waals surface area (Å²) in [5.41, 5.74) is 0. The molecule has 15 heavy (non-hydrogen) atoms. The molecule has 0 aromatic carbocycles. The normalized spacial score (nSPS) is 12.5. The zero-order chi connectivity index (χ0) is 11.3. The highest BCUT2D eigenvalue weighted by atomic mass is 16.5. The Morgan fingerprint density at radius 3 is 2.87 bits per heavy atom. The van der Waals surface area contributed by atoms with Crippen molar-refractivity contribution in [2.24, 2.45) is 0 Å². The Bertz CT molecular complexity index is 317. The molecule has 1 N–H and O–H groups in total. The number of rotatable bonds is 5. The van der Waals surface area contributed by atoms with Gasteiger partial charge in [-0.1, -0.05) is 0 Å². The maximum absolute atomic E-state index is 11.0. The Morgan fingerprint density at radius 2 is 2.27 bits per heavy atom. The lowest BCUT2D eigenvalue weighted by Crippen LogP contribution is -2.01. The zero-order valence-corrected chi connectivity index (χ0v) is 8.73. The zero-order valence-electron chi connectivity index (χ0n) is 8.73. The van der Waals surface area contributed by atoms with Crippen molar-refractivity contribution in [2.75, 3.05) is 20.8 Å². The van der Waals surface area contributed by atoms with Gasteiger partial charge in [0.05, 0.1) is 7.11 Å². The van der Waals surface area contributed by atoms with E-state index in [0.717, 1.165) is 0 Å². The molecule has 0 saturated heterocycles. The van der Waals surface area contributed by atoms with Crippen LogP contribution in [0.5, 0.6) is 0 Å². The van der Waals surface area contributed by atoms with Gasteiger partial charge in [0, 0.05) is 20.1 Å². The Labute approximate surface area is 87.6 Å². The SMILES string of the molecule is COCCC(O)c1ccc(C(=O)OC)o1. The molecule has 5 nitrogen and oxygen atoms in total. The van der Waals surface area contributed by atoms with Gasteiger partial charge in [0.25, 0.3) is 0 Å². The summed E-state index contributed by atoms with van der Waals surface area (Å²) in [6.45, 7) is 0.426. The first-order valence-electron chi connectivity index (χ1n) is 4.54. The standard InChI is InChI=1S/C10H14O5/c1-13-6-5-7(11)8-3-4-9(15-8)10(12)14-2/h3-4,7,11H,5-6H2,1-2H3. The Hall–Kier alpha value is -1.33. The molecule has 5 heteroatoms. The molecule has 1 heterocycles. The average molecular weight is 214 g/mol. The van der Waals surface area contributed by atoms with Crippen molar-refractivity contribution >= 4 is 5.97 Å². The first kappa shape index (κ1) is 11.7. The van der Waals surface area contributed by atoms with Crippen molar-refractivity contribution in [1.82, 2.24) is 0 Å². The molecular weight excluding hydrogens is 200 g/mol. The van der Waals surface area contributed by atoms with Gasteiger partial charge in [0.2, 0.25) is 5.76 Å². The Morgan fingerprint density at radius 1 is 1.53 bits per heavy atom. The van der Waals surface area contributed by atoms with Crippen molar-refractivity contribution in [3.63, 3.8) is 0 Å². The largest absolute Gasteiger partial charge is 0.463 e. The van der Waals surface area contributed by atoms with E-state index < -0.39 is 12.1 Å². The van der Waals surface area contributed by atoms with Gasteiger partial charge in [-0.2, -0.15) is 0 Å². The predicted octanol–water partition coefficient (Wildman–Crippen LogP) is 1.14. The van der Waals surface area contributed by atoms with E-state index >= 15 is 0 Å². The molecule has 0 aliphatic carbocycles. The molecule has 0 amide bonds. The second-order valence-corrected chi connectivity index (χ2v) is 2.99. The van der Waals surface area contributed by atoms with Crippen LogP contribution in [-0.4, -0.2) is 31.9 Å². The van der Waals surface area contributed by atoms with Crippen LogP contribution < -0.4 is 0 Å². The Balaban J connectivity index is 2.62. The summed E-state index contributed by atoms with van der Waals surface area (Å²) in [5, 5.41) is 9.59. The molecule has 84 valence electrons. The summed E-state index contributed by atoms with van der Waals surface area (Å²) < 4.78 is 14.4. The van der Waals surface area contributed by atoms with Crippen LogP contribution >= 0.6 is 0 Å². The van der Waals surface area contributed by atoms with Gasteiger partial charge in [0.1, 0.15) is 11.9 Å². The molecule has 1 atom stereocenters. The van der Waals surface area contributed by atoms with Crippen LogP contribution in [0.2, 0.25) is 0 Å². The number of esters is 1. The predicted molar refractivity (Wildman–Crippen MR) is 51.5 cm³/mol. The van der Waals surface area contributed by atoms with Gasteiger partial charge in [0.15, 0.2) is 0 Å². The highest BCUT2D eigenvalue weighted by molar-refractivity contribution is 5.86. The smallest absolute Gasteiger partial charge is 0.373 e. The third-order valence-electron chi connectivity index (χ3n) is 1.94. The summed E-state index contributed by atoms with van der Waals surface area (Å²) in [4.78, 5) is 11.0. The fraction of sp³-hybridized carbons (Fsp3) is 0.500. The van der Waals surface area contributed by atoms with Crippen molar-refractivity contribution in [1.29, 1.82) is 0 Å². The van der Waals surface area contributed by atoms with E-state index in [4.69, 9.17) is 9.15 Å². The maximum Gasteiger partial charge on any atom is 0.373 e. The van der Waals surface area contributed by atoms with Crippen LogP contribution in [0.15, 0.2) is 16.5 Å². The molecule has 0 fully saturated rings. The van der Waals surface area contributed by atoms with E-state index in [-0.39, 0.29) is 5.76 Å². The molecule has 0 spiro atoms. The van der Waals surface area contributed by atoms with Crippen molar-refractivity contribution in [3.05, 3.63) is 23.7 Å². The highest BCUT2D eigenvalue weighted by Gasteiger charge is 2.16. The van der Waals surface area contributed by atoms with Gasteiger partial charge in [-0.25, -0.2) is 4.79 Å². The van der Waals surface area contributed by atoms with E-state index in [1.807, 2.05) is 0 Å². The fourth-order valence-electron chi connectivity index (χ4n) is 1.11. The molecule has 0 aliphatic rings. The van der Waals surface area contributed by atoms with Crippen molar-refractivity contribution in [3.8, 4) is 0 Å². The van der Waals surface area contributed by atoms with E-state index in [0.29, 0.717) is 18.8 Å². The average Bonchev–Trinajstić information content (AvgIpc) is 2.74. The first-order chi connectivity index (χ1) is 7.19. The summed E-state index contributed by atoms with van der Waals surface area (Å²) in [5.74, 6) is -0.128. The molecule has 0 bridgehead atoms. The molecule has 1 aromatic heterocycles. The number of hydrogen-bond acceptors (Lipinski definition) is 5. The van der Waals surface area contributed by atoms with E-state index in [1.165, 1.54) is 13.2 Å². The first-order valence-corrected chi connectivity index (χ1v) is 4.54. The Kier molecular flexibility index (Phi) is 4.33. The molecule has 1 unspecified atom stereocenters. The quantitative estimate of drug-likeness (QED) is 0.744. The van der Waals surface area contributed by atoms with Gasteiger partial charge in [-0.15, -0.1) is 0 Å². The van der Waals surface area contributed by atoms with Crippen LogP contribution in [0.25, 0.3) is 0 Å². The van der Waals surface area contributed by atoms with E-state index in [9.17, 15) is 9.90 Å². The molecule has 1 rings (SSSR count). The van der Waals surface area contributed by atoms with Gasteiger partial charge >= 0.3 is 5.97 Å². The molecule has 0 aliphatic heterocycles. The molecule has 1 aromatic rings. The number of hydrogen-bond donors (Lipinski definition) is 1. The van der Waals surface area contributed by atoms with Gasteiger partial charge < -0.3 is 19.0 Å². The van der Waals surface area contributed by atoms with Crippen LogP contribution in [0.4, 0.5) is 0 Å². The lowest BCUT2D eigenvalue weighted by molar-refractivity contribution is 0.0547. The number of aliphatic hydroxyl groups excluding tert-OH is 1. The minimum absolute atomic E-state index is 0.0870. The van der Waals surface area contributed by atoms with Crippen LogP contribution in [0, 0.1) is 0 Å². The van der Waals surface area contributed by atoms with Crippen LogP contribution in [0.1, 0.15) is 28.8 Å². The molecular formula is C10H14O5. The summed E-state index contributed by atoms with van der Waals surface area (Å²) in [6.07, 6.45) is -0.340. The number of carbonyl (C=O) groups excluding carboxylic acids is 1. The van der Waals surface area contributed by atoms with Crippen molar-refractivity contribution < 1.29 is 23.8 Å². The summed E-state index contributed by atoms with van der Waals surface area (Å²) in [6, 6.07) is 3.02. The molecule has 0 saturated carbocycles. The van der Waals surface area contributed by atoms with Crippen LogP contribution in [-0.2, 0) is 9.47 Å². The minimum atomic E-state index is -0.761. The lowest BCUT2D eigenvalue weighted by atomic mass is 10.2. The summed E-state index contributed by atoms with van der Waals surface area (Å²) >= 11 is 0. The second-order valence-electron chi connectivity index (χ2n) is 2.99. The minimum Gasteiger partial charge on any atom is -0.463 e. The van der Waals surface area contributed by atoms with Gasteiger partial charge in [-0.05, 0) is 12.1 Å². The number of furan rings is 1. The number of methoxy groups -OCH3 is 2. The van der Waals surface area contributed by atoms with E-state index in [1.54, 1.807) is 13.2 Å². The topological polar surface area (TPSA) is 68.9 Å². The monoisotopic (exact) mass is 214 g/mol. The lowest BCUT2D eigenvalue weighted by Gasteiger charge is -2.05. The third kappa shape index (κ3) is 3.07. The number of carbonyl (C=O) groups is 1. The number of ether oxygens (including phenoxy) is 2. The third-order valence-corrected chi connectivity index (χ3v) is 1.94. The van der Waals surface area contributed by atoms with Crippen molar-refractivity contribution in [2.45, 2.75) is 12.5 Å².